The molecule has 1 fully saturated rings. The zero-order valence-electron chi connectivity index (χ0n) is 8.16. The fraction of sp³-hybridized carbons (Fsp3) is 0.900. The number of esters is 1. The molecule has 0 spiro atoms. The third kappa shape index (κ3) is 2.99. The second-order valence-electron chi connectivity index (χ2n) is 3.56. The van der Waals surface area contributed by atoms with Gasteiger partial charge in [0.15, 0.2) is 0 Å². The molecule has 76 valence electrons. The van der Waals surface area contributed by atoms with Gasteiger partial charge in [0.2, 0.25) is 0 Å². The molecular formula is C10H18O3. The Balaban J connectivity index is 2.48. The molecule has 3 nitrogen and oxygen atoms in total. The van der Waals surface area contributed by atoms with Crippen LogP contribution in [0.3, 0.4) is 0 Å². The minimum absolute atomic E-state index is 0.225. The van der Waals surface area contributed by atoms with Gasteiger partial charge in [-0.1, -0.05) is 19.3 Å². The molecule has 0 heterocycles. The normalized spacial score (nSPS) is 29.4. The van der Waals surface area contributed by atoms with Gasteiger partial charge in [-0.2, -0.15) is 0 Å². The number of rotatable bonds is 2. The van der Waals surface area contributed by atoms with Gasteiger partial charge in [-0.3, -0.25) is 4.79 Å². The van der Waals surface area contributed by atoms with E-state index < -0.39 is 6.10 Å². The Morgan fingerprint density at radius 2 is 2.08 bits per heavy atom. The van der Waals surface area contributed by atoms with Crippen LogP contribution in [0.2, 0.25) is 0 Å². The van der Waals surface area contributed by atoms with Crippen molar-refractivity contribution in [3.05, 3.63) is 0 Å². The van der Waals surface area contributed by atoms with Crippen LogP contribution in [0.15, 0.2) is 0 Å². The number of hydrogen-bond donors (Lipinski definition) is 1. The smallest absolute Gasteiger partial charge is 0.311 e. The molecule has 1 aliphatic carbocycles. The van der Waals surface area contributed by atoms with Crippen molar-refractivity contribution in [3.63, 3.8) is 0 Å². The van der Waals surface area contributed by atoms with Gasteiger partial charge in [-0.05, 0) is 19.8 Å². The summed E-state index contributed by atoms with van der Waals surface area (Å²) < 4.78 is 4.91. The molecule has 0 amide bonds. The number of aliphatic hydroxyl groups is 1. The monoisotopic (exact) mass is 186 g/mol. The Bertz CT molecular complexity index is 168. The molecular weight excluding hydrogens is 168 g/mol. The third-order valence-corrected chi connectivity index (χ3v) is 2.57. The van der Waals surface area contributed by atoms with Crippen LogP contribution in [0.4, 0.5) is 0 Å². The van der Waals surface area contributed by atoms with Crippen molar-refractivity contribution in [2.45, 2.75) is 45.1 Å². The molecule has 2 atom stereocenters. The SMILES string of the molecule is CCOC(=O)[C@H]1CCCCC[C@@H]1O. The first-order valence-electron chi connectivity index (χ1n) is 5.10. The van der Waals surface area contributed by atoms with Crippen molar-refractivity contribution in [3.8, 4) is 0 Å². The minimum Gasteiger partial charge on any atom is -0.466 e. The van der Waals surface area contributed by atoms with E-state index in [9.17, 15) is 9.90 Å². The van der Waals surface area contributed by atoms with Crippen molar-refractivity contribution in [2.24, 2.45) is 5.92 Å². The highest BCUT2D eigenvalue weighted by atomic mass is 16.5. The molecule has 1 N–H and O–H groups in total. The topological polar surface area (TPSA) is 46.5 Å². The Hall–Kier alpha value is -0.570. The summed E-state index contributed by atoms with van der Waals surface area (Å²) in [4.78, 5) is 11.4. The second-order valence-corrected chi connectivity index (χ2v) is 3.56. The maximum absolute atomic E-state index is 11.4. The van der Waals surface area contributed by atoms with Gasteiger partial charge in [-0.15, -0.1) is 0 Å². The highest BCUT2D eigenvalue weighted by Gasteiger charge is 2.28. The zero-order chi connectivity index (χ0) is 9.68. The third-order valence-electron chi connectivity index (χ3n) is 2.57. The standard InChI is InChI=1S/C10H18O3/c1-2-13-10(12)8-6-4-3-5-7-9(8)11/h8-9,11H,2-7H2,1H3/t8-,9-/m0/s1. The number of carbonyl (C=O) groups excluding carboxylic acids is 1. The first-order valence-corrected chi connectivity index (χ1v) is 5.10. The fourth-order valence-electron chi connectivity index (χ4n) is 1.81. The lowest BCUT2D eigenvalue weighted by molar-refractivity contribution is -0.152. The first kappa shape index (κ1) is 10.5. The molecule has 0 bridgehead atoms. The summed E-state index contributed by atoms with van der Waals surface area (Å²) in [5.41, 5.74) is 0. The van der Waals surface area contributed by atoms with E-state index in [2.05, 4.69) is 0 Å². The molecule has 1 rings (SSSR count). The maximum atomic E-state index is 11.4. The molecule has 0 unspecified atom stereocenters. The summed E-state index contributed by atoms with van der Waals surface area (Å²) in [6.45, 7) is 2.20. The summed E-state index contributed by atoms with van der Waals surface area (Å²) in [5.74, 6) is -0.501. The van der Waals surface area contributed by atoms with Gasteiger partial charge in [0.1, 0.15) is 0 Å². The predicted molar refractivity (Wildman–Crippen MR) is 49.2 cm³/mol. The Morgan fingerprint density at radius 1 is 1.38 bits per heavy atom. The van der Waals surface area contributed by atoms with Gasteiger partial charge >= 0.3 is 5.97 Å². The average molecular weight is 186 g/mol. The first-order chi connectivity index (χ1) is 6.25. The van der Waals surface area contributed by atoms with Crippen LogP contribution >= 0.6 is 0 Å². The molecule has 0 aromatic carbocycles. The van der Waals surface area contributed by atoms with Crippen LogP contribution in [0.5, 0.6) is 0 Å². The highest BCUT2D eigenvalue weighted by molar-refractivity contribution is 5.73. The summed E-state index contributed by atoms with van der Waals surface area (Å²) >= 11 is 0. The second kappa shape index (κ2) is 5.22. The molecule has 0 aromatic heterocycles. The van der Waals surface area contributed by atoms with Crippen LogP contribution in [0.1, 0.15) is 39.0 Å². The van der Waals surface area contributed by atoms with Crippen LogP contribution in [0.25, 0.3) is 0 Å². The molecule has 3 heteroatoms. The van der Waals surface area contributed by atoms with Crippen LogP contribution in [0, 0.1) is 5.92 Å². The van der Waals surface area contributed by atoms with Crippen LogP contribution in [-0.2, 0) is 9.53 Å². The van der Waals surface area contributed by atoms with E-state index >= 15 is 0 Å². The fourth-order valence-corrected chi connectivity index (χ4v) is 1.81. The predicted octanol–water partition coefficient (Wildman–Crippen LogP) is 1.49. The molecule has 0 aliphatic heterocycles. The number of ether oxygens (including phenoxy) is 1. The quantitative estimate of drug-likeness (QED) is 0.525. The van der Waals surface area contributed by atoms with Crippen LogP contribution in [-0.4, -0.2) is 23.8 Å². The highest BCUT2D eigenvalue weighted by Crippen LogP contribution is 2.24. The zero-order valence-corrected chi connectivity index (χ0v) is 8.16. The number of carbonyl (C=O) groups is 1. The summed E-state index contributed by atoms with van der Waals surface area (Å²) in [6.07, 6.45) is 4.20. The lowest BCUT2D eigenvalue weighted by Gasteiger charge is -2.17. The summed E-state index contributed by atoms with van der Waals surface area (Å²) in [7, 11) is 0. The van der Waals surface area contributed by atoms with E-state index in [1.807, 2.05) is 0 Å². The number of aliphatic hydroxyl groups excluding tert-OH is 1. The van der Waals surface area contributed by atoms with Crippen molar-refractivity contribution >= 4 is 5.97 Å². The molecule has 0 aromatic rings. The van der Waals surface area contributed by atoms with Crippen LogP contribution < -0.4 is 0 Å². The van der Waals surface area contributed by atoms with Gasteiger partial charge in [0.25, 0.3) is 0 Å². The van der Waals surface area contributed by atoms with Crippen molar-refractivity contribution in [2.75, 3.05) is 6.61 Å². The Labute approximate surface area is 79.1 Å². The van der Waals surface area contributed by atoms with Gasteiger partial charge < -0.3 is 9.84 Å². The van der Waals surface area contributed by atoms with Crippen molar-refractivity contribution in [1.29, 1.82) is 0 Å². The molecule has 0 saturated heterocycles. The Morgan fingerprint density at radius 3 is 2.77 bits per heavy atom. The molecule has 1 aliphatic rings. The van der Waals surface area contributed by atoms with E-state index in [0.717, 1.165) is 32.1 Å². The Kier molecular flexibility index (Phi) is 4.22. The lowest BCUT2D eigenvalue weighted by atomic mass is 9.98. The largest absolute Gasteiger partial charge is 0.466 e. The maximum Gasteiger partial charge on any atom is 0.311 e. The van der Waals surface area contributed by atoms with Gasteiger partial charge in [0.05, 0.1) is 18.6 Å². The summed E-state index contributed by atoms with van der Waals surface area (Å²) in [5, 5.41) is 9.65. The average Bonchev–Trinajstić information content (AvgIpc) is 2.30. The van der Waals surface area contributed by atoms with Gasteiger partial charge in [-0.25, -0.2) is 0 Å². The number of hydrogen-bond acceptors (Lipinski definition) is 3. The molecule has 1 saturated carbocycles. The summed E-state index contributed by atoms with van der Waals surface area (Å²) in [6, 6.07) is 0. The van der Waals surface area contributed by atoms with E-state index in [-0.39, 0.29) is 11.9 Å². The van der Waals surface area contributed by atoms with E-state index in [1.165, 1.54) is 0 Å². The molecule has 0 radical (unpaired) electrons. The van der Waals surface area contributed by atoms with E-state index in [1.54, 1.807) is 6.92 Å². The van der Waals surface area contributed by atoms with Crippen molar-refractivity contribution < 1.29 is 14.6 Å². The van der Waals surface area contributed by atoms with Crippen molar-refractivity contribution in [1.82, 2.24) is 0 Å². The molecule has 13 heavy (non-hydrogen) atoms. The minimum atomic E-state index is -0.485. The van der Waals surface area contributed by atoms with E-state index in [0.29, 0.717) is 6.61 Å². The van der Waals surface area contributed by atoms with Gasteiger partial charge in [0, 0.05) is 0 Å². The van der Waals surface area contributed by atoms with E-state index in [4.69, 9.17) is 4.74 Å². The lowest BCUT2D eigenvalue weighted by Crippen LogP contribution is -2.28.